The molecule has 1 spiro atoms. The SMILES string of the molecule is NS(=O)(=O)c1ccc(N2CCCC3(C2)OCc2ccccc23)c(C(=O)O)c1. The molecular weight excluding hydrogens is 368 g/mol. The zero-order valence-electron chi connectivity index (χ0n) is 14.6. The summed E-state index contributed by atoms with van der Waals surface area (Å²) in [4.78, 5) is 13.5. The van der Waals surface area contributed by atoms with Crippen LogP contribution in [-0.2, 0) is 27.0 Å². The number of benzene rings is 2. The van der Waals surface area contributed by atoms with Gasteiger partial charge in [-0.25, -0.2) is 18.4 Å². The van der Waals surface area contributed by atoms with Crippen molar-refractivity contribution in [1.82, 2.24) is 0 Å². The van der Waals surface area contributed by atoms with Gasteiger partial charge in [0.25, 0.3) is 0 Å². The lowest BCUT2D eigenvalue weighted by Gasteiger charge is -2.42. The van der Waals surface area contributed by atoms with E-state index in [9.17, 15) is 18.3 Å². The Labute approximate surface area is 157 Å². The predicted octanol–water partition coefficient (Wildman–Crippen LogP) is 2.06. The van der Waals surface area contributed by atoms with Crippen molar-refractivity contribution in [1.29, 1.82) is 0 Å². The molecule has 4 rings (SSSR count). The molecule has 1 fully saturated rings. The number of aromatic carboxylic acids is 1. The van der Waals surface area contributed by atoms with Gasteiger partial charge in [-0.3, -0.25) is 0 Å². The summed E-state index contributed by atoms with van der Waals surface area (Å²) in [6.45, 7) is 1.72. The van der Waals surface area contributed by atoms with Crippen LogP contribution < -0.4 is 10.0 Å². The minimum Gasteiger partial charge on any atom is -0.478 e. The van der Waals surface area contributed by atoms with Crippen molar-refractivity contribution < 1.29 is 23.1 Å². The van der Waals surface area contributed by atoms with Crippen LogP contribution in [0.1, 0.15) is 34.3 Å². The Morgan fingerprint density at radius 2 is 2.00 bits per heavy atom. The summed E-state index contributed by atoms with van der Waals surface area (Å²) in [5.74, 6) is -1.19. The van der Waals surface area contributed by atoms with Gasteiger partial charge in [0.15, 0.2) is 0 Å². The van der Waals surface area contributed by atoms with Crippen molar-refractivity contribution in [2.24, 2.45) is 5.14 Å². The number of hydrogen-bond donors (Lipinski definition) is 2. The molecule has 2 aliphatic heterocycles. The number of rotatable bonds is 3. The Bertz CT molecular complexity index is 1020. The molecule has 0 aliphatic carbocycles. The van der Waals surface area contributed by atoms with Crippen molar-refractivity contribution in [2.75, 3.05) is 18.0 Å². The molecular formula is C19H20N2O5S. The zero-order chi connectivity index (χ0) is 19.2. The van der Waals surface area contributed by atoms with E-state index in [0.717, 1.165) is 30.0 Å². The number of nitrogens with zero attached hydrogens (tertiary/aromatic N) is 1. The van der Waals surface area contributed by atoms with Crippen LogP contribution in [0.5, 0.6) is 0 Å². The first kappa shape index (κ1) is 18.0. The fourth-order valence-corrected chi connectivity index (χ4v) is 4.63. The van der Waals surface area contributed by atoms with Crippen LogP contribution >= 0.6 is 0 Å². The topological polar surface area (TPSA) is 110 Å². The van der Waals surface area contributed by atoms with Gasteiger partial charge in [-0.05, 0) is 42.2 Å². The number of nitrogens with two attached hydrogens (primary N) is 1. The van der Waals surface area contributed by atoms with E-state index in [2.05, 4.69) is 6.07 Å². The average molecular weight is 388 g/mol. The lowest BCUT2D eigenvalue weighted by atomic mass is 9.84. The van der Waals surface area contributed by atoms with E-state index in [4.69, 9.17) is 9.88 Å². The van der Waals surface area contributed by atoms with Crippen LogP contribution in [-0.4, -0.2) is 32.6 Å². The summed E-state index contributed by atoms with van der Waals surface area (Å²) in [6.07, 6.45) is 1.70. The molecule has 1 saturated heterocycles. The molecule has 2 heterocycles. The van der Waals surface area contributed by atoms with Gasteiger partial charge in [0, 0.05) is 6.54 Å². The third-order valence-electron chi connectivity index (χ3n) is 5.33. The lowest BCUT2D eigenvalue weighted by Crippen LogP contribution is -2.46. The fourth-order valence-electron chi connectivity index (χ4n) is 4.09. The Kier molecular flexibility index (Phi) is 4.21. The van der Waals surface area contributed by atoms with Crippen molar-refractivity contribution in [3.05, 3.63) is 59.2 Å². The molecule has 2 aliphatic rings. The van der Waals surface area contributed by atoms with Gasteiger partial charge < -0.3 is 14.7 Å². The van der Waals surface area contributed by atoms with Crippen LogP contribution in [0, 0.1) is 0 Å². The molecule has 1 atom stereocenters. The maximum atomic E-state index is 11.8. The molecule has 2 aromatic carbocycles. The molecule has 3 N–H and O–H groups in total. The van der Waals surface area contributed by atoms with E-state index in [1.54, 1.807) is 0 Å². The van der Waals surface area contributed by atoms with Gasteiger partial charge in [-0.2, -0.15) is 0 Å². The largest absolute Gasteiger partial charge is 0.478 e. The molecule has 1 unspecified atom stereocenters. The maximum Gasteiger partial charge on any atom is 0.337 e. The van der Waals surface area contributed by atoms with Crippen molar-refractivity contribution in [2.45, 2.75) is 29.9 Å². The molecule has 7 nitrogen and oxygen atoms in total. The Morgan fingerprint density at radius 3 is 2.74 bits per heavy atom. The van der Waals surface area contributed by atoms with Gasteiger partial charge in [0.2, 0.25) is 10.0 Å². The number of carbonyl (C=O) groups is 1. The number of carboxylic acids is 1. The number of ether oxygens (including phenoxy) is 1. The number of fused-ring (bicyclic) bond motifs is 2. The Balaban J connectivity index is 1.73. The second-order valence-corrected chi connectivity index (χ2v) is 8.56. The molecule has 8 heteroatoms. The van der Waals surface area contributed by atoms with Gasteiger partial charge in [-0.15, -0.1) is 0 Å². The van der Waals surface area contributed by atoms with E-state index in [1.807, 2.05) is 23.1 Å². The van der Waals surface area contributed by atoms with Crippen LogP contribution in [0.15, 0.2) is 47.4 Å². The van der Waals surface area contributed by atoms with E-state index >= 15 is 0 Å². The minimum absolute atomic E-state index is 0.0788. The second kappa shape index (κ2) is 6.33. The zero-order valence-corrected chi connectivity index (χ0v) is 15.4. The molecule has 0 bridgehead atoms. The van der Waals surface area contributed by atoms with Crippen LogP contribution in [0.2, 0.25) is 0 Å². The third kappa shape index (κ3) is 3.09. The number of hydrogen-bond acceptors (Lipinski definition) is 5. The summed E-state index contributed by atoms with van der Waals surface area (Å²) in [5.41, 5.74) is 2.23. The Morgan fingerprint density at radius 1 is 1.22 bits per heavy atom. The van der Waals surface area contributed by atoms with E-state index in [0.29, 0.717) is 25.4 Å². The highest BCUT2D eigenvalue weighted by Gasteiger charge is 2.43. The summed E-state index contributed by atoms with van der Waals surface area (Å²) in [7, 11) is -3.98. The number of primary sulfonamides is 1. The highest BCUT2D eigenvalue weighted by atomic mass is 32.2. The quantitative estimate of drug-likeness (QED) is 0.833. The van der Waals surface area contributed by atoms with Gasteiger partial charge >= 0.3 is 5.97 Å². The molecule has 0 radical (unpaired) electrons. The third-order valence-corrected chi connectivity index (χ3v) is 6.25. The fraction of sp³-hybridized carbons (Fsp3) is 0.316. The number of piperidine rings is 1. The van der Waals surface area contributed by atoms with Crippen molar-refractivity contribution in [3.63, 3.8) is 0 Å². The lowest BCUT2D eigenvalue weighted by molar-refractivity contribution is -0.0470. The van der Waals surface area contributed by atoms with E-state index in [1.165, 1.54) is 12.1 Å². The number of carboxylic acid groups (broad SMARTS) is 1. The standard InChI is InChI=1S/C19H20N2O5S/c20-27(24,25)14-6-7-17(15(10-14)18(22)23)21-9-3-8-19(12-21)16-5-2-1-4-13(16)11-26-19/h1-2,4-7,10H,3,8-9,11-12H2,(H,22,23)(H2,20,24,25). The summed E-state index contributed by atoms with van der Waals surface area (Å²) in [5, 5.41) is 14.8. The highest BCUT2D eigenvalue weighted by molar-refractivity contribution is 7.89. The normalized spacial score (nSPS) is 22.0. The van der Waals surface area contributed by atoms with Crippen molar-refractivity contribution >= 4 is 21.7 Å². The molecule has 2 aromatic rings. The van der Waals surface area contributed by atoms with E-state index < -0.39 is 21.6 Å². The smallest absolute Gasteiger partial charge is 0.337 e. The van der Waals surface area contributed by atoms with Gasteiger partial charge in [0.1, 0.15) is 5.60 Å². The summed E-state index contributed by atoms with van der Waals surface area (Å²) < 4.78 is 29.4. The highest BCUT2D eigenvalue weighted by Crippen LogP contribution is 2.44. The molecule has 142 valence electrons. The first-order valence-electron chi connectivity index (χ1n) is 8.68. The molecule has 0 amide bonds. The van der Waals surface area contributed by atoms with Crippen LogP contribution in [0.3, 0.4) is 0 Å². The monoisotopic (exact) mass is 388 g/mol. The van der Waals surface area contributed by atoms with Crippen LogP contribution in [0.25, 0.3) is 0 Å². The van der Waals surface area contributed by atoms with Crippen molar-refractivity contribution in [3.8, 4) is 0 Å². The average Bonchev–Trinajstić information content (AvgIpc) is 2.99. The first-order valence-corrected chi connectivity index (χ1v) is 10.2. The molecule has 0 saturated carbocycles. The second-order valence-electron chi connectivity index (χ2n) is 6.99. The molecule has 0 aromatic heterocycles. The Hall–Kier alpha value is -2.42. The van der Waals surface area contributed by atoms with Gasteiger partial charge in [-0.1, -0.05) is 24.3 Å². The minimum atomic E-state index is -3.98. The predicted molar refractivity (Wildman–Crippen MR) is 99.1 cm³/mol. The number of anilines is 1. The maximum absolute atomic E-state index is 11.8. The number of sulfonamides is 1. The first-order chi connectivity index (χ1) is 12.8. The summed E-state index contributed by atoms with van der Waals surface area (Å²) >= 11 is 0. The van der Waals surface area contributed by atoms with Gasteiger partial charge in [0.05, 0.1) is 29.3 Å². The van der Waals surface area contributed by atoms with E-state index in [-0.39, 0.29) is 10.5 Å². The molecule has 27 heavy (non-hydrogen) atoms. The summed E-state index contributed by atoms with van der Waals surface area (Å²) in [6, 6.07) is 12.1. The van der Waals surface area contributed by atoms with Crippen LogP contribution in [0.4, 0.5) is 5.69 Å².